The fourth-order valence-electron chi connectivity index (χ4n) is 1.50. The van der Waals surface area contributed by atoms with Gasteiger partial charge in [0.1, 0.15) is 11.6 Å². The number of aromatic nitrogens is 1. The third kappa shape index (κ3) is 1.84. The first-order valence-electron chi connectivity index (χ1n) is 5.09. The van der Waals surface area contributed by atoms with Crippen molar-refractivity contribution in [2.24, 2.45) is 0 Å². The van der Waals surface area contributed by atoms with Crippen molar-refractivity contribution in [1.82, 2.24) is 4.73 Å². The summed E-state index contributed by atoms with van der Waals surface area (Å²) < 4.78 is 15.3. The van der Waals surface area contributed by atoms with E-state index < -0.39 is 17.9 Å². The molecule has 19 heavy (non-hydrogen) atoms. The van der Waals surface area contributed by atoms with Crippen LogP contribution in [-0.4, -0.2) is 21.1 Å². The molecule has 3 rings (SSSR count). The highest BCUT2D eigenvalue weighted by Gasteiger charge is 2.17. The van der Waals surface area contributed by atoms with Gasteiger partial charge >= 0.3 is 11.9 Å². The average Bonchev–Trinajstić information content (AvgIpc) is 3.03. The van der Waals surface area contributed by atoms with Crippen molar-refractivity contribution in [3.8, 4) is 17.5 Å². The van der Waals surface area contributed by atoms with E-state index in [1.165, 1.54) is 12.5 Å². The summed E-state index contributed by atoms with van der Waals surface area (Å²) in [6, 6.07) is 3.84. The molecule has 0 aliphatic heterocycles. The standard InChI is InChI=1S/C11H7NO7/c13-8-1-2-9(14)12(8)19-11(15)18-7-5-17-10-6(7)3-4-16-10/h1-5,13-14H. The first kappa shape index (κ1) is 11.1. The zero-order valence-corrected chi connectivity index (χ0v) is 9.27. The molecule has 0 radical (unpaired) electrons. The summed E-state index contributed by atoms with van der Waals surface area (Å²) in [5.74, 6) is -0.598. The maximum Gasteiger partial charge on any atom is 0.539 e. The minimum absolute atomic E-state index is 0.0971. The highest BCUT2D eigenvalue weighted by Crippen LogP contribution is 2.29. The Morgan fingerprint density at radius 3 is 2.63 bits per heavy atom. The third-order valence-electron chi connectivity index (χ3n) is 2.32. The highest BCUT2D eigenvalue weighted by atomic mass is 16.8. The average molecular weight is 265 g/mol. The molecule has 3 aromatic heterocycles. The molecule has 0 saturated heterocycles. The second kappa shape index (κ2) is 4.02. The lowest BCUT2D eigenvalue weighted by Gasteiger charge is -2.05. The number of carbonyl (C=O) groups excluding carboxylic acids is 1. The maximum atomic E-state index is 11.5. The van der Waals surface area contributed by atoms with Gasteiger partial charge in [-0.3, -0.25) is 4.84 Å². The molecule has 0 aliphatic rings. The Kier molecular flexibility index (Phi) is 2.34. The van der Waals surface area contributed by atoms with Gasteiger partial charge in [0.2, 0.25) is 11.8 Å². The first-order chi connectivity index (χ1) is 9.15. The van der Waals surface area contributed by atoms with Crippen molar-refractivity contribution < 1.29 is 33.4 Å². The fourth-order valence-corrected chi connectivity index (χ4v) is 1.50. The Hall–Kier alpha value is -3.03. The molecular formula is C11H7NO7. The fraction of sp³-hybridized carbons (Fsp3) is 0. The van der Waals surface area contributed by atoms with Gasteiger partial charge in [-0.1, -0.05) is 0 Å². The monoisotopic (exact) mass is 265 g/mol. The Morgan fingerprint density at radius 1 is 1.16 bits per heavy atom. The molecule has 98 valence electrons. The van der Waals surface area contributed by atoms with Crippen molar-refractivity contribution in [3.05, 3.63) is 30.7 Å². The SMILES string of the molecule is O=C(Oc1coc2occc12)On1c(O)ccc1O. The third-order valence-corrected chi connectivity index (χ3v) is 2.32. The minimum Gasteiger partial charge on any atom is -0.492 e. The molecular weight excluding hydrogens is 258 g/mol. The number of carbonyl (C=O) groups is 1. The second-order valence-corrected chi connectivity index (χ2v) is 3.51. The van der Waals surface area contributed by atoms with Crippen LogP contribution in [0.1, 0.15) is 0 Å². The molecule has 0 aromatic carbocycles. The van der Waals surface area contributed by atoms with Crippen LogP contribution in [0, 0.1) is 0 Å². The van der Waals surface area contributed by atoms with Crippen molar-refractivity contribution in [2.75, 3.05) is 0 Å². The van der Waals surface area contributed by atoms with Gasteiger partial charge in [0.15, 0.2) is 5.75 Å². The Bertz CT molecular complexity index is 716. The normalized spacial score (nSPS) is 10.7. The molecule has 0 saturated carbocycles. The molecule has 0 amide bonds. The first-order valence-corrected chi connectivity index (χ1v) is 5.09. The molecule has 2 N–H and O–H groups in total. The lowest BCUT2D eigenvalue weighted by Crippen LogP contribution is -2.22. The number of fused-ring (bicyclic) bond motifs is 1. The number of furan rings is 2. The molecule has 0 atom stereocenters. The van der Waals surface area contributed by atoms with Crippen molar-refractivity contribution in [1.29, 1.82) is 0 Å². The quantitative estimate of drug-likeness (QED) is 0.681. The van der Waals surface area contributed by atoms with E-state index in [9.17, 15) is 15.0 Å². The molecule has 0 fully saturated rings. The van der Waals surface area contributed by atoms with Gasteiger partial charge in [0, 0.05) is 12.1 Å². The van der Waals surface area contributed by atoms with E-state index >= 15 is 0 Å². The van der Waals surface area contributed by atoms with E-state index in [-0.39, 0.29) is 11.5 Å². The van der Waals surface area contributed by atoms with Crippen molar-refractivity contribution >= 4 is 17.3 Å². The smallest absolute Gasteiger partial charge is 0.492 e. The van der Waals surface area contributed by atoms with Crippen LogP contribution in [0.3, 0.4) is 0 Å². The molecule has 0 aliphatic carbocycles. The Labute approximate surface area is 104 Å². The second-order valence-electron chi connectivity index (χ2n) is 3.51. The summed E-state index contributed by atoms with van der Waals surface area (Å²) in [4.78, 5) is 16.1. The molecule has 8 heteroatoms. The summed E-state index contributed by atoms with van der Waals surface area (Å²) in [7, 11) is 0. The van der Waals surface area contributed by atoms with Crippen LogP contribution in [0.5, 0.6) is 17.5 Å². The number of hydrogen-bond acceptors (Lipinski definition) is 7. The van der Waals surface area contributed by atoms with Crippen LogP contribution in [0.15, 0.2) is 39.6 Å². The van der Waals surface area contributed by atoms with E-state index in [1.807, 2.05) is 0 Å². The molecule has 3 heterocycles. The molecule has 8 nitrogen and oxygen atoms in total. The van der Waals surface area contributed by atoms with Crippen LogP contribution in [0.4, 0.5) is 4.79 Å². The van der Waals surface area contributed by atoms with E-state index in [4.69, 9.17) is 13.6 Å². The van der Waals surface area contributed by atoms with Gasteiger partial charge in [-0.2, -0.15) is 0 Å². The molecule has 0 bridgehead atoms. The van der Waals surface area contributed by atoms with Crippen LogP contribution in [-0.2, 0) is 0 Å². The Morgan fingerprint density at radius 2 is 1.89 bits per heavy atom. The molecule has 0 unspecified atom stereocenters. The number of hydrogen-bond donors (Lipinski definition) is 2. The van der Waals surface area contributed by atoms with Gasteiger partial charge < -0.3 is 23.8 Å². The Balaban J connectivity index is 1.77. The van der Waals surface area contributed by atoms with Gasteiger partial charge in [0.05, 0.1) is 6.26 Å². The largest absolute Gasteiger partial charge is 0.539 e. The highest BCUT2D eigenvalue weighted by molar-refractivity contribution is 5.82. The van der Waals surface area contributed by atoms with Gasteiger partial charge in [-0.15, -0.1) is 4.73 Å². The van der Waals surface area contributed by atoms with Crippen molar-refractivity contribution in [2.45, 2.75) is 0 Å². The lowest BCUT2D eigenvalue weighted by molar-refractivity contribution is 0.0709. The predicted octanol–water partition coefficient (Wildman–Crippen LogP) is 1.87. The minimum atomic E-state index is -1.16. The van der Waals surface area contributed by atoms with E-state index in [0.29, 0.717) is 10.1 Å². The van der Waals surface area contributed by atoms with E-state index in [0.717, 1.165) is 12.1 Å². The topological polar surface area (TPSA) is 107 Å². The summed E-state index contributed by atoms with van der Waals surface area (Å²) in [6.07, 6.45) is 1.38. The van der Waals surface area contributed by atoms with E-state index in [2.05, 4.69) is 4.84 Å². The summed E-state index contributed by atoms with van der Waals surface area (Å²) in [5.41, 5.74) is 0. The number of nitrogens with zero attached hydrogens (tertiary/aromatic N) is 1. The van der Waals surface area contributed by atoms with Crippen LogP contribution in [0.25, 0.3) is 11.2 Å². The van der Waals surface area contributed by atoms with Gasteiger partial charge in [0.25, 0.3) is 0 Å². The molecule has 0 spiro atoms. The number of rotatable bonds is 2. The predicted molar refractivity (Wildman–Crippen MR) is 58.8 cm³/mol. The summed E-state index contributed by atoms with van der Waals surface area (Å²) in [6.45, 7) is 0. The summed E-state index contributed by atoms with van der Waals surface area (Å²) >= 11 is 0. The van der Waals surface area contributed by atoms with Crippen LogP contribution in [0.2, 0.25) is 0 Å². The number of aromatic hydroxyl groups is 2. The lowest BCUT2D eigenvalue weighted by atomic mass is 10.4. The molecule has 3 aromatic rings. The van der Waals surface area contributed by atoms with Crippen LogP contribution >= 0.6 is 0 Å². The van der Waals surface area contributed by atoms with Gasteiger partial charge in [-0.25, -0.2) is 4.79 Å². The zero-order chi connectivity index (χ0) is 13.4. The van der Waals surface area contributed by atoms with Crippen LogP contribution < -0.4 is 9.57 Å². The van der Waals surface area contributed by atoms with Gasteiger partial charge in [-0.05, 0) is 6.07 Å². The van der Waals surface area contributed by atoms with Crippen molar-refractivity contribution in [3.63, 3.8) is 0 Å². The number of ether oxygens (including phenoxy) is 1. The summed E-state index contributed by atoms with van der Waals surface area (Å²) in [5, 5.41) is 19.0. The maximum absolute atomic E-state index is 11.5. The van der Waals surface area contributed by atoms with E-state index in [1.54, 1.807) is 6.07 Å². The zero-order valence-electron chi connectivity index (χ0n) is 9.27.